The van der Waals surface area contributed by atoms with Crippen molar-refractivity contribution in [2.45, 2.75) is 16.2 Å². The molecule has 0 atom stereocenters. The van der Waals surface area contributed by atoms with Crippen molar-refractivity contribution in [2.24, 2.45) is 5.73 Å². The second kappa shape index (κ2) is 8.09. The third-order valence-corrected chi connectivity index (χ3v) is 6.98. The molecule has 0 aliphatic rings. The van der Waals surface area contributed by atoms with E-state index in [4.69, 9.17) is 5.73 Å². The van der Waals surface area contributed by atoms with Crippen LogP contribution in [0.2, 0.25) is 0 Å². The first-order valence-electron chi connectivity index (χ1n) is 7.80. The number of nitrogens with two attached hydrogens (primary N) is 1. The predicted molar refractivity (Wildman–Crippen MR) is 97.5 cm³/mol. The van der Waals surface area contributed by atoms with E-state index in [-0.39, 0.29) is 29.4 Å². The first-order chi connectivity index (χ1) is 11.8. The van der Waals surface area contributed by atoms with E-state index in [9.17, 15) is 16.8 Å². The van der Waals surface area contributed by atoms with E-state index in [1.54, 1.807) is 0 Å². The van der Waals surface area contributed by atoms with E-state index in [1.165, 1.54) is 28.6 Å². The molecular formula is C17H22N2O4S2. The summed E-state index contributed by atoms with van der Waals surface area (Å²) in [6.45, 7) is 0.490. The van der Waals surface area contributed by atoms with Crippen LogP contribution < -0.4 is 5.73 Å². The molecule has 0 aromatic heterocycles. The van der Waals surface area contributed by atoms with E-state index >= 15 is 0 Å². The van der Waals surface area contributed by atoms with Gasteiger partial charge in [0.1, 0.15) is 4.90 Å². The molecule has 0 saturated carbocycles. The van der Waals surface area contributed by atoms with Crippen LogP contribution in [0.5, 0.6) is 0 Å². The molecule has 2 N–H and O–H groups in total. The summed E-state index contributed by atoms with van der Waals surface area (Å²) in [6.07, 6.45) is 1.51. The van der Waals surface area contributed by atoms with Crippen LogP contribution >= 0.6 is 0 Å². The van der Waals surface area contributed by atoms with Crippen LogP contribution in [-0.2, 0) is 26.3 Å². The maximum absolute atomic E-state index is 13.0. The molecule has 0 aliphatic heterocycles. The Hall–Kier alpha value is -1.74. The fourth-order valence-electron chi connectivity index (χ4n) is 2.50. The second-order valence-corrected chi connectivity index (χ2v) is 9.54. The zero-order valence-corrected chi connectivity index (χ0v) is 15.6. The van der Waals surface area contributed by atoms with Gasteiger partial charge in [0.05, 0.1) is 4.90 Å². The van der Waals surface area contributed by atoms with Crippen LogP contribution in [0.25, 0.3) is 0 Å². The van der Waals surface area contributed by atoms with Crippen molar-refractivity contribution >= 4 is 19.9 Å². The van der Waals surface area contributed by atoms with E-state index in [1.807, 2.05) is 30.3 Å². The van der Waals surface area contributed by atoms with Gasteiger partial charge in [-0.1, -0.05) is 42.5 Å². The summed E-state index contributed by atoms with van der Waals surface area (Å²) in [7, 11) is -7.64. The first kappa shape index (κ1) is 19.6. The van der Waals surface area contributed by atoms with Gasteiger partial charge in [0.2, 0.25) is 10.0 Å². The number of rotatable bonds is 8. The minimum Gasteiger partial charge on any atom is -0.329 e. The highest BCUT2D eigenvalue weighted by Gasteiger charge is 2.29. The van der Waals surface area contributed by atoms with Crippen LogP contribution in [0.1, 0.15) is 5.56 Å². The highest BCUT2D eigenvalue weighted by molar-refractivity contribution is 7.93. The molecule has 25 heavy (non-hydrogen) atoms. The van der Waals surface area contributed by atoms with Gasteiger partial charge in [-0.15, -0.1) is 0 Å². The Morgan fingerprint density at radius 2 is 1.40 bits per heavy atom. The summed E-state index contributed by atoms with van der Waals surface area (Å²) in [5, 5.41) is 0. The Labute approximate surface area is 149 Å². The second-order valence-electron chi connectivity index (χ2n) is 5.65. The average Bonchev–Trinajstić information content (AvgIpc) is 2.58. The number of sulfone groups is 1. The van der Waals surface area contributed by atoms with Crippen molar-refractivity contribution in [3.05, 3.63) is 60.2 Å². The summed E-state index contributed by atoms with van der Waals surface area (Å²) in [5.41, 5.74) is 6.57. The Kier molecular flexibility index (Phi) is 6.34. The number of hydrogen-bond acceptors (Lipinski definition) is 5. The lowest BCUT2D eigenvalue weighted by Crippen LogP contribution is -2.37. The molecule has 136 valence electrons. The molecule has 2 aromatic carbocycles. The van der Waals surface area contributed by atoms with Crippen LogP contribution in [-0.4, -0.2) is 47.0 Å². The standard InChI is InChI=1S/C17H22N2O4S2/c1-24(20,21)16-9-5-6-10-17(16)25(22,23)19(14-12-18)13-11-15-7-3-2-4-8-15/h2-10H,11-14,18H2,1H3. The minimum atomic E-state index is -3.97. The highest BCUT2D eigenvalue weighted by Crippen LogP contribution is 2.24. The highest BCUT2D eigenvalue weighted by atomic mass is 32.2. The van der Waals surface area contributed by atoms with Gasteiger partial charge >= 0.3 is 0 Å². The van der Waals surface area contributed by atoms with Crippen LogP contribution in [0, 0.1) is 0 Å². The molecule has 8 heteroatoms. The van der Waals surface area contributed by atoms with Crippen LogP contribution in [0.4, 0.5) is 0 Å². The number of sulfonamides is 1. The first-order valence-corrected chi connectivity index (χ1v) is 11.1. The lowest BCUT2D eigenvalue weighted by molar-refractivity contribution is 0.420. The zero-order valence-electron chi connectivity index (χ0n) is 14.0. The Morgan fingerprint density at radius 3 is 1.96 bits per heavy atom. The number of benzene rings is 2. The van der Waals surface area contributed by atoms with Gasteiger partial charge in [-0.2, -0.15) is 4.31 Å². The molecular weight excluding hydrogens is 360 g/mol. The van der Waals surface area contributed by atoms with Crippen LogP contribution in [0.15, 0.2) is 64.4 Å². The van der Waals surface area contributed by atoms with Gasteiger partial charge in [-0.25, -0.2) is 16.8 Å². The zero-order chi connectivity index (χ0) is 18.5. The summed E-state index contributed by atoms with van der Waals surface area (Å²) < 4.78 is 51.2. The number of nitrogens with zero attached hydrogens (tertiary/aromatic N) is 1. The average molecular weight is 383 g/mol. The SMILES string of the molecule is CS(=O)(=O)c1ccccc1S(=O)(=O)N(CCN)CCc1ccccc1. The monoisotopic (exact) mass is 382 g/mol. The molecule has 2 aromatic rings. The maximum Gasteiger partial charge on any atom is 0.244 e. The summed E-state index contributed by atoms with van der Waals surface area (Å²) in [5.74, 6) is 0. The van der Waals surface area contributed by atoms with Crippen molar-refractivity contribution in [3.8, 4) is 0 Å². The Balaban J connectivity index is 2.37. The van der Waals surface area contributed by atoms with Gasteiger partial charge in [0.25, 0.3) is 0 Å². The molecule has 6 nitrogen and oxygen atoms in total. The molecule has 0 radical (unpaired) electrons. The summed E-state index contributed by atoms with van der Waals surface area (Å²) >= 11 is 0. The third-order valence-electron chi connectivity index (χ3n) is 3.74. The van der Waals surface area contributed by atoms with Crippen molar-refractivity contribution in [1.29, 1.82) is 0 Å². The van der Waals surface area contributed by atoms with E-state index in [0.29, 0.717) is 6.42 Å². The molecule has 0 fully saturated rings. The Bertz CT molecular complexity index is 911. The molecule has 2 rings (SSSR count). The minimum absolute atomic E-state index is 0.118. The van der Waals surface area contributed by atoms with E-state index in [0.717, 1.165) is 11.8 Å². The van der Waals surface area contributed by atoms with Crippen LogP contribution in [0.3, 0.4) is 0 Å². The largest absolute Gasteiger partial charge is 0.329 e. The van der Waals surface area contributed by atoms with Gasteiger partial charge in [-0.05, 0) is 24.1 Å². The van der Waals surface area contributed by atoms with Gasteiger partial charge in [-0.3, -0.25) is 0 Å². The quantitative estimate of drug-likeness (QED) is 0.742. The fraction of sp³-hybridized carbons (Fsp3) is 0.294. The molecule has 0 saturated heterocycles. The Morgan fingerprint density at radius 1 is 0.840 bits per heavy atom. The maximum atomic E-state index is 13.0. The van der Waals surface area contributed by atoms with Crippen molar-refractivity contribution in [2.75, 3.05) is 25.9 Å². The third kappa shape index (κ3) is 4.88. The van der Waals surface area contributed by atoms with Gasteiger partial charge in [0, 0.05) is 25.9 Å². The lowest BCUT2D eigenvalue weighted by Gasteiger charge is -2.22. The van der Waals surface area contributed by atoms with E-state index in [2.05, 4.69) is 0 Å². The molecule has 0 unspecified atom stereocenters. The van der Waals surface area contributed by atoms with Gasteiger partial charge < -0.3 is 5.73 Å². The topological polar surface area (TPSA) is 97.5 Å². The predicted octanol–water partition coefficient (Wildman–Crippen LogP) is 1.28. The molecule has 0 amide bonds. The van der Waals surface area contributed by atoms with Gasteiger partial charge in [0.15, 0.2) is 9.84 Å². The molecule has 0 heterocycles. The molecule has 0 bridgehead atoms. The number of hydrogen-bond donors (Lipinski definition) is 1. The van der Waals surface area contributed by atoms with Crippen molar-refractivity contribution < 1.29 is 16.8 Å². The summed E-state index contributed by atoms with van der Waals surface area (Å²) in [4.78, 5) is -0.407. The summed E-state index contributed by atoms with van der Waals surface area (Å²) in [6, 6.07) is 15.1. The van der Waals surface area contributed by atoms with Crippen molar-refractivity contribution in [3.63, 3.8) is 0 Å². The lowest BCUT2D eigenvalue weighted by atomic mass is 10.1. The fourth-order valence-corrected chi connectivity index (χ4v) is 5.56. The van der Waals surface area contributed by atoms with E-state index < -0.39 is 19.9 Å². The van der Waals surface area contributed by atoms with Crippen molar-refractivity contribution in [1.82, 2.24) is 4.31 Å². The smallest absolute Gasteiger partial charge is 0.244 e. The normalized spacial score (nSPS) is 12.4. The molecule has 0 spiro atoms. The molecule has 0 aliphatic carbocycles.